The van der Waals surface area contributed by atoms with E-state index in [4.69, 9.17) is 0 Å². The van der Waals surface area contributed by atoms with E-state index in [1.165, 1.54) is 0 Å². The van der Waals surface area contributed by atoms with Gasteiger partial charge in [0.05, 0.1) is 23.4 Å². The lowest BCUT2D eigenvalue weighted by Gasteiger charge is -2.14. The zero-order valence-corrected chi connectivity index (χ0v) is 10.7. The summed E-state index contributed by atoms with van der Waals surface area (Å²) in [6.45, 7) is 1.73. The topological polar surface area (TPSA) is 101 Å². The zero-order chi connectivity index (χ0) is 12.4. The fraction of sp³-hybridized carbons (Fsp3) is 1.00. The minimum Gasteiger partial charge on any atom is -0.390 e. The summed E-state index contributed by atoms with van der Waals surface area (Å²) in [5.74, 6) is -0.335. The smallest absolute Gasteiger partial charge is 0.154 e. The molecule has 0 radical (unpaired) electrons. The Kier molecular flexibility index (Phi) is 4.33. The molecule has 1 aliphatic rings. The molecule has 0 aromatic carbocycles. The molecule has 1 saturated heterocycles. The van der Waals surface area contributed by atoms with Gasteiger partial charge in [0.15, 0.2) is 19.7 Å². The van der Waals surface area contributed by atoms with Gasteiger partial charge < -0.3 is 10.4 Å². The van der Waals surface area contributed by atoms with Crippen molar-refractivity contribution in [2.24, 2.45) is 0 Å². The maximum atomic E-state index is 11.2. The van der Waals surface area contributed by atoms with Crippen LogP contribution < -0.4 is 5.32 Å². The van der Waals surface area contributed by atoms with Gasteiger partial charge in [0, 0.05) is 18.3 Å². The molecule has 0 saturated carbocycles. The van der Waals surface area contributed by atoms with Crippen LogP contribution in [0.25, 0.3) is 0 Å². The Labute approximate surface area is 95.9 Å². The number of nitrogens with one attached hydrogen (secondary N) is 1. The first-order valence-electron chi connectivity index (χ1n) is 5.08. The summed E-state index contributed by atoms with van der Waals surface area (Å²) >= 11 is 0. The van der Waals surface area contributed by atoms with Gasteiger partial charge >= 0.3 is 0 Å². The van der Waals surface area contributed by atoms with Crippen molar-refractivity contribution in [2.45, 2.75) is 19.1 Å². The number of aliphatic hydroxyl groups excluding tert-OH is 1. The van der Waals surface area contributed by atoms with Gasteiger partial charge in [-0.1, -0.05) is 6.92 Å². The maximum absolute atomic E-state index is 11.2. The molecule has 8 heteroatoms. The van der Waals surface area contributed by atoms with Crippen LogP contribution in [0.4, 0.5) is 0 Å². The van der Waals surface area contributed by atoms with E-state index in [-0.39, 0.29) is 29.6 Å². The van der Waals surface area contributed by atoms with Gasteiger partial charge in [-0.2, -0.15) is 0 Å². The van der Waals surface area contributed by atoms with E-state index in [2.05, 4.69) is 5.32 Å². The fourth-order valence-electron chi connectivity index (χ4n) is 1.57. The van der Waals surface area contributed by atoms with E-state index in [0.717, 1.165) is 0 Å². The molecule has 2 N–H and O–H groups in total. The molecule has 2 atom stereocenters. The molecule has 1 fully saturated rings. The number of rotatable bonds is 5. The first-order chi connectivity index (χ1) is 7.26. The number of sulfone groups is 2. The molecule has 0 spiro atoms. The van der Waals surface area contributed by atoms with Gasteiger partial charge in [-0.3, -0.25) is 0 Å². The van der Waals surface area contributed by atoms with Crippen LogP contribution in [0, 0.1) is 0 Å². The van der Waals surface area contributed by atoms with Gasteiger partial charge in [-0.05, 0) is 0 Å². The largest absolute Gasteiger partial charge is 0.390 e. The average molecular weight is 271 g/mol. The highest BCUT2D eigenvalue weighted by atomic mass is 32.2. The van der Waals surface area contributed by atoms with Crippen LogP contribution in [0.1, 0.15) is 6.92 Å². The predicted molar refractivity (Wildman–Crippen MR) is 60.8 cm³/mol. The van der Waals surface area contributed by atoms with Crippen LogP contribution in [0.2, 0.25) is 0 Å². The molecule has 0 aromatic rings. The van der Waals surface area contributed by atoms with Gasteiger partial charge in [0.1, 0.15) is 0 Å². The Balaban J connectivity index is 2.41. The van der Waals surface area contributed by atoms with E-state index in [9.17, 15) is 21.9 Å². The van der Waals surface area contributed by atoms with Crippen molar-refractivity contribution in [3.63, 3.8) is 0 Å². The van der Waals surface area contributed by atoms with Crippen LogP contribution >= 0.6 is 0 Å². The van der Waals surface area contributed by atoms with Crippen molar-refractivity contribution in [2.75, 3.05) is 29.6 Å². The second kappa shape index (κ2) is 4.99. The SMILES string of the molecule is CCS(=O)(=O)CCNC1CS(=O)(=O)CC1O. The van der Waals surface area contributed by atoms with Crippen molar-refractivity contribution in [1.82, 2.24) is 5.32 Å². The molecular formula is C8H17NO5S2. The Morgan fingerprint density at radius 2 is 2.00 bits per heavy atom. The van der Waals surface area contributed by atoms with Gasteiger partial charge in [0.25, 0.3) is 0 Å². The molecule has 0 aliphatic carbocycles. The molecule has 1 rings (SSSR count). The number of hydrogen-bond donors (Lipinski definition) is 2. The highest BCUT2D eigenvalue weighted by Crippen LogP contribution is 2.12. The Hall–Kier alpha value is -0.180. The number of aliphatic hydroxyl groups is 1. The Morgan fingerprint density at radius 3 is 2.44 bits per heavy atom. The van der Waals surface area contributed by atoms with Crippen LogP contribution in [0.5, 0.6) is 0 Å². The molecule has 6 nitrogen and oxygen atoms in total. The van der Waals surface area contributed by atoms with Crippen LogP contribution in [0.15, 0.2) is 0 Å². The van der Waals surface area contributed by atoms with Gasteiger partial charge in [0.2, 0.25) is 0 Å². The molecule has 96 valence electrons. The lowest BCUT2D eigenvalue weighted by molar-refractivity contribution is 0.167. The molecular weight excluding hydrogens is 254 g/mol. The second-order valence-corrected chi connectivity index (χ2v) is 8.57. The van der Waals surface area contributed by atoms with E-state index in [1.54, 1.807) is 6.92 Å². The molecule has 2 unspecified atom stereocenters. The molecule has 16 heavy (non-hydrogen) atoms. The van der Waals surface area contributed by atoms with E-state index in [0.29, 0.717) is 0 Å². The summed E-state index contributed by atoms with van der Waals surface area (Å²) < 4.78 is 44.6. The molecule has 1 heterocycles. The minimum absolute atomic E-state index is 0.0350. The van der Waals surface area contributed by atoms with Crippen LogP contribution in [-0.2, 0) is 19.7 Å². The standard InChI is InChI=1S/C8H17NO5S2/c1-2-15(11,12)4-3-9-7-5-16(13,14)6-8(7)10/h7-10H,2-6H2,1H3. The summed E-state index contributed by atoms with van der Waals surface area (Å²) in [5.41, 5.74) is 0. The van der Waals surface area contributed by atoms with Crippen LogP contribution in [-0.4, -0.2) is 63.6 Å². The molecule has 0 aromatic heterocycles. The second-order valence-electron chi connectivity index (χ2n) is 3.94. The summed E-state index contributed by atoms with van der Waals surface area (Å²) in [5, 5.41) is 12.2. The first kappa shape index (κ1) is 13.9. The molecule has 1 aliphatic heterocycles. The third-order valence-corrected chi connectivity index (χ3v) is 6.00. The third-order valence-electron chi connectivity index (χ3n) is 2.58. The predicted octanol–water partition coefficient (Wildman–Crippen LogP) is -1.83. The quantitative estimate of drug-likeness (QED) is 0.610. The Morgan fingerprint density at radius 1 is 1.38 bits per heavy atom. The van der Waals surface area contributed by atoms with Gasteiger partial charge in [-0.25, -0.2) is 16.8 Å². The monoisotopic (exact) mass is 271 g/mol. The molecule has 0 amide bonds. The normalized spacial score (nSPS) is 29.4. The van der Waals surface area contributed by atoms with E-state index >= 15 is 0 Å². The van der Waals surface area contributed by atoms with Crippen molar-refractivity contribution < 1.29 is 21.9 Å². The summed E-state index contributed by atoms with van der Waals surface area (Å²) in [7, 11) is -6.23. The highest BCUT2D eigenvalue weighted by molar-refractivity contribution is 7.91. The summed E-state index contributed by atoms with van der Waals surface area (Å²) in [6, 6.07) is -0.544. The Bertz CT molecular complexity index is 427. The summed E-state index contributed by atoms with van der Waals surface area (Å²) in [4.78, 5) is 0. The minimum atomic E-state index is -3.18. The third kappa shape index (κ3) is 4.00. The van der Waals surface area contributed by atoms with E-state index < -0.39 is 31.8 Å². The maximum Gasteiger partial charge on any atom is 0.154 e. The van der Waals surface area contributed by atoms with Crippen molar-refractivity contribution in [3.8, 4) is 0 Å². The lowest BCUT2D eigenvalue weighted by atomic mass is 10.2. The first-order valence-corrected chi connectivity index (χ1v) is 8.72. The summed E-state index contributed by atoms with van der Waals surface area (Å²) in [6.07, 6.45) is -0.936. The van der Waals surface area contributed by atoms with Crippen molar-refractivity contribution >= 4 is 19.7 Å². The fourth-order valence-corrected chi connectivity index (χ4v) is 4.06. The van der Waals surface area contributed by atoms with E-state index in [1.807, 2.05) is 0 Å². The highest BCUT2D eigenvalue weighted by Gasteiger charge is 2.35. The molecule has 0 bridgehead atoms. The van der Waals surface area contributed by atoms with Crippen LogP contribution in [0.3, 0.4) is 0 Å². The van der Waals surface area contributed by atoms with Crippen molar-refractivity contribution in [3.05, 3.63) is 0 Å². The zero-order valence-electron chi connectivity index (χ0n) is 9.09. The van der Waals surface area contributed by atoms with Crippen molar-refractivity contribution in [1.29, 1.82) is 0 Å². The number of hydrogen-bond acceptors (Lipinski definition) is 6. The average Bonchev–Trinajstić information content (AvgIpc) is 2.39. The lowest BCUT2D eigenvalue weighted by Crippen LogP contribution is -2.41. The van der Waals surface area contributed by atoms with Gasteiger partial charge in [-0.15, -0.1) is 0 Å².